The van der Waals surface area contributed by atoms with Crippen molar-refractivity contribution in [3.63, 3.8) is 0 Å². The average Bonchev–Trinajstić information content (AvgIpc) is 3.11. The van der Waals surface area contributed by atoms with Gasteiger partial charge < -0.3 is 10.1 Å². The van der Waals surface area contributed by atoms with E-state index >= 15 is 0 Å². The number of alkyl halides is 2. The van der Waals surface area contributed by atoms with E-state index in [1.54, 1.807) is 18.2 Å². The molecule has 0 aliphatic carbocycles. The van der Waals surface area contributed by atoms with Crippen molar-refractivity contribution in [2.45, 2.75) is 30.9 Å². The van der Waals surface area contributed by atoms with Gasteiger partial charge in [0.2, 0.25) is 0 Å². The van der Waals surface area contributed by atoms with Gasteiger partial charge in [-0.25, -0.2) is 8.42 Å². The molecule has 0 saturated carbocycles. The van der Waals surface area contributed by atoms with Crippen LogP contribution in [0.5, 0.6) is 5.75 Å². The van der Waals surface area contributed by atoms with Crippen molar-refractivity contribution in [2.24, 2.45) is 0 Å². The number of nitrogens with one attached hydrogen (secondary N) is 1. The van der Waals surface area contributed by atoms with Gasteiger partial charge in [-0.15, -0.1) is 0 Å². The Bertz CT molecular complexity index is 1260. The molecule has 166 valence electrons. The highest BCUT2D eigenvalue weighted by Gasteiger charge is 2.36. The molecule has 1 atom stereocenters. The second kappa shape index (κ2) is 8.58. The van der Waals surface area contributed by atoms with Crippen molar-refractivity contribution in [3.8, 4) is 5.75 Å². The van der Waals surface area contributed by atoms with E-state index < -0.39 is 22.5 Å². The van der Waals surface area contributed by atoms with Crippen molar-refractivity contribution >= 4 is 27.3 Å². The summed E-state index contributed by atoms with van der Waals surface area (Å²) in [6.45, 7) is -1.22. The maximum absolute atomic E-state index is 13.4. The number of hydrogen-bond donors (Lipinski definition) is 1. The summed E-state index contributed by atoms with van der Waals surface area (Å²) in [6.07, 6.45) is 0.594. The molecule has 1 heterocycles. The summed E-state index contributed by atoms with van der Waals surface area (Å²) in [5, 5.41) is 2.50. The zero-order valence-electron chi connectivity index (χ0n) is 17.0. The van der Waals surface area contributed by atoms with Crippen LogP contribution < -0.4 is 14.4 Å². The number of ether oxygens (including phenoxy) is 1. The van der Waals surface area contributed by atoms with Crippen molar-refractivity contribution in [3.05, 3.63) is 83.9 Å². The molecule has 1 aliphatic rings. The molecular formula is C23H20F2N2O4S. The van der Waals surface area contributed by atoms with E-state index in [0.29, 0.717) is 12.1 Å². The molecule has 1 amide bonds. The molecule has 3 aromatic carbocycles. The van der Waals surface area contributed by atoms with Gasteiger partial charge in [0.15, 0.2) is 0 Å². The van der Waals surface area contributed by atoms with Crippen molar-refractivity contribution in [1.29, 1.82) is 0 Å². The summed E-state index contributed by atoms with van der Waals surface area (Å²) < 4.78 is 57.8. The molecule has 1 unspecified atom stereocenters. The molecular weight excluding hydrogens is 438 g/mol. The van der Waals surface area contributed by atoms with Crippen LogP contribution in [0.25, 0.3) is 0 Å². The third-order valence-electron chi connectivity index (χ3n) is 5.15. The number of benzene rings is 3. The Morgan fingerprint density at radius 2 is 1.78 bits per heavy atom. The van der Waals surface area contributed by atoms with Crippen LogP contribution in [0, 0.1) is 0 Å². The third-order valence-corrected chi connectivity index (χ3v) is 7.07. The first-order chi connectivity index (χ1) is 15.3. The molecule has 6 nitrogen and oxygen atoms in total. The monoisotopic (exact) mass is 458 g/mol. The Labute approximate surface area is 184 Å². The number of rotatable bonds is 6. The van der Waals surface area contributed by atoms with Crippen LogP contribution in [-0.2, 0) is 16.4 Å². The molecule has 9 heteroatoms. The first-order valence-corrected chi connectivity index (χ1v) is 11.3. The molecule has 3 aromatic rings. The summed E-state index contributed by atoms with van der Waals surface area (Å²) >= 11 is 0. The van der Waals surface area contributed by atoms with Crippen molar-refractivity contribution < 1.29 is 26.7 Å². The largest absolute Gasteiger partial charge is 0.433 e. The number of carbonyl (C=O) groups is 1. The topological polar surface area (TPSA) is 75.7 Å². The van der Waals surface area contributed by atoms with Crippen LogP contribution in [0.2, 0.25) is 0 Å². The van der Waals surface area contributed by atoms with E-state index in [2.05, 4.69) is 10.1 Å². The Balaban J connectivity index is 1.63. The summed E-state index contributed by atoms with van der Waals surface area (Å²) in [4.78, 5) is 12.7. The molecule has 0 aromatic heterocycles. The smallest absolute Gasteiger partial charge is 0.387 e. The fraction of sp³-hybridized carbons (Fsp3) is 0.174. The molecule has 0 fully saturated rings. The summed E-state index contributed by atoms with van der Waals surface area (Å²) in [5.41, 5.74) is 1.67. The maximum atomic E-state index is 13.4. The van der Waals surface area contributed by atoms with Crippen LogP contribution in [0.4, 0.5) is 20.2 Å². The Hall–Kier alpha value is -3.46. The number of anilines is 2. The van der Waals surface area contributed by atoms with Gasteiger partial charge in [-0.2, -0.15) is 8.78 Å². The summed E-state index contributed by atoms with van der Waals surface area (Å²) in [5.74, 6) is -0.843. The molecule has 1 aliphatic heterocycles. The van der Waals surface area contributed by atoms with E-state index in [0.717, 1.165) is 5.56 Å². The first kappa shape index (κ1) is 21.8. The number of halogens is 2. The van der Waals surface area contributed by atoms with Crippen LogP contribution in [-0.4, -0.2) is 27.0 Å². The van der Waals surface area contributed by atoms with Crippen LogP contribution >= 0.6 is 0 Å². The predicted molar refractivity (Wildman–Crippen MR) is 117 cm³/mol. The number of fused-ring (bicyclic) bond motifs is 1. The maximum Gasteiger partial charge on any atom is 0.387 e. The zero-order chi connectivity index (χ0) is 22.9. The number of sulfonamides is 1. The standard InChI is InChI=1S/C23H20F2N2O4S/c1-15-13-16-7-2-4-11-20(16)27(15)32(29,30)18-9-6-8-17(14-18)22(28)26-19-10-3-5-12-21(19)31-23(24)25/h2-12,14-15,23H,13H2,1H3,(H,26,28). The van der Waals surface area contributed by atoms with Gasteiger partial charge in [-0.05, 0) is 55.3 Å². The van der Waals surface area contributed by atoms with Crippen molar-refractivity contribution in [2.75, 3.05) is 9.62 Å². The minimum absolute atomic E-state index is 0.0363. The number of nitrogens with zero attached hydrogens (tertiary/aromatic N) is 1. The number of hydrogen-bond acceptors (Lipinski definition) is 4. The SMILES string of the molecule is CC1Cc2ccccc2N1S(=O)(=O)c1cccc(C(=O)Nc2ccccc2OC(F)F)c1. The molecule has 1 N–H and O–H groups in total. The molecule has 4 rings (SSSR count). The second-order valence-electron chi connectivity index (χ2n) is 7.34. The highest BCUT2D eigenvalue weighted by Crippen LogP contribution is 2.36. The molecule has 0 saturated heterocycles. The average molecular weight is 458 g/mol. The third kappa shape index (κ3) is 4.16. The highest BCUT2D eigenvalue weighted by molar-refractivity contribution is 7.92. The van der Waals surface area contributed by atoms with E-state index in [-0.39, 0.29) is 27.9 Å². The van der Waals surface area contributed by atoms with E-state index in [1.165, 1.54) is 46.8 Å². The van der Waals surface area contributed by atoms with Gasteiger partial charge in [0, 0.05) is 11.6 Å². The molecule has 0 radical (unpaired) electrons. The lowest BCUT2D eigenvalue weighted by atomic mass is 10.1. The number of para-hydroxylation sites is 3. The molecule has 32 heavy (non-hydrogen) atoms. The molecule has 0 bridgehead atoms. The lowest BCUT2D eigenvalue weighted by molar-refractivity contribution is -0.0493. The fourth-order valence-corrected chi connectivity index (χ4v) is 5.52. The summed E-state index contributed by atoms with van der Waals surface area (Å²) in [7, 11) is -3.92. The minimum Gasteiger partial charge on any atom is -0.433 e. The lowest BCUT2D eigenvalue weighted by Crippen LogP contribution is -2.35. The van der Waals surface area contributed by atoms with Gasteiger partial charge in [0.05, 0.1) is 16.3 Å². The normalized spacial score (nSPS) is 15.5. The lowest BCUT2D eigenvalue weighted by Gasteiger charge is -2.24. The van der Waals surface area contributed by atoms with E-state index in [1.807, 2.05) is 19.1 Å². The zero-order valence-corrected chi connectivity index (χ0v) is 17.9. The Morgan fingerprint density at radius 1 is 1.06 bits per heavy atom. The Kier molecular flexibility index (Phi) is 5.84. The van der Waals surface area contributed by atoms with Crippen molar-refractivity contribution in [1.82, 2.24) is 0 Å². The van der Waals surface area contributed by atoms with Crippen LogP contribution in [0.1, 0.15) is 22.8 Å². The number of amides is 1. The van der Waals surface area contributed by atoms with Gasteiger partial charge in [0.25, 0.3) is 15.9 Å². The van der Waals surface area contributed by atoms with Gasteiger partial charge in [-0.3, -0.25) is 9.10 Å². The second-order valence-corrected chi connectivity index (χ2v) is 9.15. The quantitative estimate of drug-likeness (QED) is 0.582. The highest BCUT2D eigenvalue weighted by atomic mass is 32.2. The van der Waals surface area contributed by atoms with E-state index in [9.17, 15) is 22.0 Å². The Morgan fingerprint density at radius 3 is 2.56 bits per heavy atom. The minimum atomic E-state index is -3.92. The van der Waals surface area contributed by atoms with Gasteiger partial charge in [0.1, 0.15) is 5.75 Å². The summed E-state index contributed by atoms with van der Waals surface area (Å²) in [6, 6.07) is 18.4. The fourth-order valence-electron chi connectivity index (χ4n) is 3.78. The van der Waals surface area contributed by atoms with E-state index in [4.69, 9.17) is 0 Å². The molecule has 0 spiro atoms. The number of carbonyl (C=O) groups excluding carboxylic acids is 1. The van der Waals surface area contributed by atoms with Crippen LogP contribution in [0.15, 0.2) is 77.7 Å². The first-order valence-electron chi connectivity index (χ1n) is 9.85. The predicted octanol–water partition coefficient (Wildman–Crippen LogP) is 4.68. The van der Waals surface area contributed by atoms with Gasteiger partial charge in [-0.1, -0.05) is 36.4 Å². The van der Waals surface area contributed by atoms with Crippen LogP contribution in [0.3, 0.4) is 0 Å². The van der Waals surface area contributed by atoms with Gasteiger partial charge >= 0.3 is 6.61 Å².